The molecule has 29 heavy (non-hydrogen) atoms. The Morgan fingerprint density at radius 2 is 2.17 bits per heavy atom. The van der Waals surface area contributed by atoms with Gasteiger partial charge in [-0.1, -0.05) is 22.5 Å². The van der Waals surface area contributed by atoms with Gasteiger partial charge in [0.2, 0.25) is 0 Å². The van der Waals surface area contributed by atoms with Gasteiger partial charge in [-0.2, -0.15) is 0 Å². The minimum atomic E-state index is -1.33. The number of rotatable bonds is 4. The zero-order chi connectivity index (χ0) is 20.4. The van der Waals surface area contributed by atoms with Crippen LogP contribution in [0.25, 0.3) is 0 Å². The highest BCUT2D eigenvalue weighted by atomic mass is 32.3. The second kappa shape index (κ2) is 7.94. The van der Waals surface area contributed by atoms with Crippen molar-refractivity contribution in [3.63, 3.8) is 0 Å². The van der Waals surface area contributed by atoms with Crippen LogP contribution < -0.4 is 15.2 Å². The number of pyridine rings is 1. The summed E-state index contributed by atoms with van der Waals surface area (Å²) in [5.41, 5.74) is 8.53. The number of nitrogens with zero attached hydrogens (tertiary/aromatic N) is 3. The van der Waals surface area contributed by atoms with Crippen molar-refractivity contribution in [1.29, 1.82) is 0 Å². The van der Waals surface area contributed by atoms with E-state index in [1.807, 2.05) is 35.2 Å². The largest absolute Gasteiger partial charge is 0.492 e. The highest BCUT2D eigenvalue weighted by Crippen LogP contribution is 2.47. The molecule has 1 saturated heterocycles. The van der Waals surface area contributed by atoms with E-state index in [4.69, 9.17) is 10.5 Å². The summed E-state index contributed by atoms with van der Waals surface area (Å²) in [6, 6.07) is 11.3. The second-order valence-electron chi connectivity index (χ2n) is 7.82. The molecule has 8 heteroatoms. The number of carbonyl (C=O) groups excluding carboxylic acids is 1. The van der Waals surface area contributed by atoms with Crippen molar-refractivity contribution < 1.29 is 9.53 Å². The molecule has 1 aromatic carbocycles. The number of hydrogen-bond acceptors (Lipinski definition) is 6. The first-order valence-corrected chi connectivity index (χ1v) is 12.2. The van der Waals surface area contributed by atoms with Crippen LogP contribution in [0.5, 0.6) is 5.75 Å². The summed E-state index contributed by atoms with van der Waals surface area (Å²) >= 11 is 0. The van der Waals surface area contributed by atoms with Gasteiger partial charge >= 0.3 is 0 Å². The van der Waals surface area contributed by atoms with Gasteiger partial charge in [0.1, 0.15) is 17.3 Å². The first kappa shape index (κ1) is 19.6. The lowest BCUT2D eigenvalue weighted by atomic mass is 9.98. The summed E-state index contributed by atoms with van der Waals surface area (Å²) in [5.74, 6) is 1.51. The van der Waals surface area contributed by atoms with Gasteiger partial charge in [-0.25, -0.2) is 4.40 Å². The molecule has 3 heterocycles. The molecule has 0 radical (unpaired) electrons. The Bertz CT molecular complexity index is 932. The summed E-state index contributed by atoms with van der Waals surface area (Å²) < 4.78 is 14.2. The zero-order valence-electron chi connectivity index (χ0n) is 16.8. The highest BCUT2D eigenvalue weighted by Gasteiger charge is 2.27. The predicted molar refractivity (Wildman–Crippen MR) is 119 cm³/mol. The Morgan fingerprint density at radius 1 is 1.31 bits per heavy atom. The molecule has 2 aliphatic rings. The van der Waals surface area contributed by atoms with E-state index in [2.05, 4.69) is 26.6 Å². The highest BCUT2D eigenvalue weighted by molar-refractivity contribution is 8.32. The Labute approximate surface area is 172 Å². The van der Waals surface area contributed by atoms with Gasteiger partial charge in [0.05, 0.1) is 17.9 Å². The maximum atomic E-state index is 12.7. The van der Waals surface area contributed by atoms with Crippen LogP contribution in [0.2, 0.25) is 0 Å². The average Bonchev–Trinajstić information content (AvgIpc) is 2.71. The summed E-state index contributed by atoms with van der Waals surface area (Å²) in [7, 11) is -1.33. The van der Waals surface area contributed by atoms with Gasteiger partial charge in [0.25, 0.3) is 5.91 Å². The fourth-order valence-corrected chi connectivity index (χ4v) is 5.17. The SMILES string of the molecule is CS1(C)N=C(N)c2c(cccc2OCC2CCCN(C(=O)c3ccccn3)C2)N1. The van der Waals surface area contributed by atoms with Gasteiger partial charge in [0.15, 0.2) is 0 Å². The summed E-state index contributed by atoms with van der Waals surface area (Å²) in [6.07, 6.45) is 7.76. The van der Waals surface area contributed by atoms with E-state index in [9.17, 15) is 4.79 Å². The number of nitrogens with two attached hydrogens (primary N) is 1. The number of amidine groups is 1. The molecule has 0 saturated carbocycles. The quantitative estimate of drug-likeness (QED) is 0.804. The van der Waals surface area contributed by atoms with Crippen LogP contribution >= 0.6 is 10.4 Å². The molecule has 0 aliphatic carbocycles. The molecular formula is C21H27N5O2S. The Morgan fingerprint density at radius 3 is 2.97 bits per heavy atom. The molecular weight excluding hydrogens is 386 g/mol. The minimum absolute atomic E-state index is 0.0156. The smallest absolute Gasteiger partial charge is 0.272 e. The first-order valence-electron chi connectivity index (χ1n) is 9.76. The number of carbonyl (C=O) groups is 1. The van der Waals surface area contributed by atoms with Gasteiger partial charge in [-0.05, 0) is 37.1 Å². The summed E-state index contributed by atoms with van der Waals surface area (Å²) in [5, 5.41) is 0. The van der Waals surface area contributed by atoms with Gasteiger partial charge in [-0.15, -0.1) is 0 Å². The van der Waals surface area contributed by atoms with Crippen molar-refractivity contribution in [2.45, 2.75) is 12.8 Å². The van der Waals surface area contributed by atoms with Crippen molar-refractivity contribution in [1.82, 2.24) is 9.88 Å². The predicted octanol–water partition coefficient (Wildman–Crippen LogP) is 3.04. The number of likely N-dealkylation sites (tertiary alicyclic amines) is 1. The third kappa shape index (κ3) is 4.32. The minimum Gasteiger partial charge on any atom is -0.492 e. The summed E-state index contributed by atoms with van der Waals surface area (Å²) in [6.45, 7) is 1.96. The Kier molecular flexibility index (Phi) is 5.36. The molecule has 7 nitrogen and oxygen atoms in total. The fraction of sp³-hybridized carbons (Fsp3) is 0.381. The molecule has 154 valence electrons. The maximum absolute atomic E-state index is 12.7. The van der Waals surface area contributed by atoms with E-state index in [1.54, 1.807) is 12.3 Å². The third-order valence-electron chi connectivity index (χ3n) is 5.13. The van der Waals surface area contributed by atoms with Gasteiger partial charge in [0, 0.05) is 37.7 Å². The van der Waals surface area contributed by atoms with Crippen molar-refractivity contribution >= 4 is 27.8 Å². The maximum Gasteiger partial charge on any atom is 0.272 e. The van der Waals surface area contributed by atoms with Crippen molar-refractivity contribution in [2.24, 2.45) is 16.0 Å². The van der Waals surface area contributed by atoms with Crippen LogP contribution in [0, 0.1) is 5.92 Å². The average molecular weight is 414 g/mol. The first-order chi connectivity index (χ1) is 13.9. The fourth-order valence-electron chi connectivity index (χ4n) is 3.83. The standard InChI is InChI=1S/C21H27N5O2S/c1-29(2)24-16-9-5-10-18(19(16)20(22)25-29)28-14-15-7-6-12-26(13-15)21(27)17-8-3-4-11-23-17/h3-5,8-11,15,24H,6-7,12-14H2,1-2H3,(H2,22,25). The number of amides is 1. The number of hydrogen-bond donors (Lipinski definition) is 2. The number of nitrogens with one attached hydrogen (secondary N) is 1. The third-order valence-corrected chi connectivity index (χ3v) is 6.51. The number of fused-ring (bicyclic) bond motifs is 1. The van der Waals surface area contributed by atoms with Crippen LogP contribution in [0.3, 0.4) is 0 Å². The van der Waals surface area contributed by atoms with E-state index in [0.717, 1.165) is 36.4 Å². The van der Waals surface area contributed by atoms with Crippen molar-refractivity contribution in [3.8, 4) is 5.75 Å². The van der Waals surface area contributed by atoms with Crippen LogP contribution in [-0.4, -0.2) is 53.8 Å². The lowest BCUT2D eigenvalue weighted by Crippen LogP contribution is -2.42. The molecule has 0 bridgehead atoms. The molecule has 1 amide bonds. The lowest BCUT2D eigenvalue weighted by Gasteiger charge is -2.35. The Hall–Kier alpha value is -2.74. The van der Waals surface area contributed by atoms with E-state index < -0.39 is 10.4 Å². The van der Waals surface area contributed by atoms with Crippen LogP contribution in [0.15, 0.2) is 47.0 Å². The topological polar surface area (TPSA) is 92.8 Å². The number of aromatic nitrogens is 1. The zero-order valence-corrected chi connectivity index (χ0v) is 17.6. The molecule has 3 N–H and O–H groups in total. The number of piperidine rings is 1. The number of benzene rings is 1. The molecule has 1 aromatic heterocycles. The van der Waals surface area contributed by atoms with Gasteiger partial charge < -0.3 is 20.1 Å². The van der Waals surface area contributed by atoms with E-state index in [1.165, 1.54) is 0 Å². The van der Waals surface area contributed by atoms with Crippen molar-refractivity contribution in [3.05, 3.63) is 53.9 Å². The van der Waals surface area contributed by atoms with Crippen LogP contribution in [0.1, 0.15) is 28.9 Å². The molecule has 2 aromatic rings. The molecule has 1 unspecified atom stereocenters. The number of ether oxygens (including phenoxy) is 1. The van der Waals surface area contributed by atoms with Crippen molar-refractivity contribution in [2.75, 3.05) is 36.9 Å². The van der Waals surface area contributed by atoms with E-state index in [0.29, 0.717) is 24.7 Å². The normalized spacial score (nSPS) is 21.4. The van der Waals surface area contributed by atoms with Crippen LogP contribution in [-0.2, 0) is 0 Å². The molecule has 2 aliphatic heterocycles. The number of anilines is 1. The monoisotopic (exact) mass is 413 g/mol. The van der Waals surface area contributed by atoms with Crippen LogP contribution in [0.4, 0.5) is 5.69 Å². The molecule has 1 fully saturated rings. The van der Waals surface area contributed by atoms with E-state index in [-0.39, 0.29) is 11.8 Å². The molecule has 0 spiro atoms. The Balaban J connectivity index is 1.43. The second-order valence-corrected chi connectivity index (χ2v) is 10.7. The molecule has 4 rings (SSSR count). The lowest BCUT2D eigenvalue weighted by molar-refractivity contribution is 0.0627. The summed E-state index contributed by atoms with van der Waals surface area (Å²) in [4.78, 5) is 18.8. The molecule has 1 atom stereocenters. The van der Waals surface area contributed by atoms with E-state index >= 15 is 0 Å². The van der Waals surface area contributed by atoms with Gasteiger partial charge in [-0.3, -0.25) is 9.78 Å².